The van der Waals surface area contributed by atoms with Gasteiger partial charge in [0.2, 0.25) is 5.91 Å². The Hall–Kier alpha value is -3.36. The fraction of sp³-hybridized carbons (Fsp3) is 0.333. The molecular formula is C27H33N3O4S. The Bertz CT molecular complexity index is 1070. The highest BCUT2D eigenvalue weighted by Gasteiger charge is 2.22. The molecule has 186 valence electrons. The van der Waals surface area contributed by atoms with Gasteiger partial charge < -0.3 is 24.6 Å². The Kier molecular flexibility index (Phi) is 10.1. The van der Waals surface area contributed by atoms with Crippen molar-refractivity contribution < 1.29 is 19.1 Å². The van der Waals surface area contributed by atoms with Crippen LogP contribution in [0.2, 0.25) is 0 Å². The van der Waals surface area contributed by atoms with Gasteiger partial charge >= 0.3 is 6.03 Å². The Morgan fingerprint density at radius 3 is 2.31 bits per heavy atom. The first kappa shape index (κ1) is 26.2. The molecule has 0 aliphatic heterocycles. The lowest BCUT2D eigenvalue weighted by molar-refractivity contribution is -0.133. The van der Waals surface area contributed by atoms with E-state index in [0.29, 0.717) is 38.5 Å². The van der Waals surface area contributed by atoms with Crippen molar-refractivity contribution in [3.8, 4) is 5.75 Å². The molecule has 0 bridgehead atoms. The van der Waals surface area contributed by atoms with E-state index in [0.717, 1.165) is 16.2 Å². The number of hydrogen-bond acceptors (Lipinski definition) is 5. The van der Waals surface area contributed by atoms with Crippen molar-refractivity contribution >= 4 is 29.0 Å². The van der Waals surface area contributed by atoms with Gasteiger partial charge in [0.1, 0.15) is 12.3 Å². The van der Waals surface area contributed by atoms with E-state index in [9.17, 15) is 9.59 Å². The third-order valence-corrected chi connectivity index (χ3v) is 6.29. The molecule has 3 aromatic rings. The summed E-state index contributed by atoms with van der Waals surface area (Å²) < 4.78 is 10.6. The van der Waals surface area contributed by atoms with E-state index in [2.05, 4.69) is 18.3 Å². The Labute approximate surface area is 211 Å². The molecule has 1 N–H and O–H groups in total. The van der Waals surface area contributed by atoms with Gasteiger partial charge in [-0.15, -0.1) is 11.3 Å². The average Bonchev–Trinajstić information content (AvgIpc) is 3.27. The van der Waals surface area contributed by atoms with E-state index >= 15 is 0 Å². The first-order chi connectivity index (χ1) is 17.0. The van der Waals surface area contributed by atoms with Gasteiger partial charge in [-0.25, -0.2) is 4.79 Å². The fourth-order valence-corrected chi connectivity index (χ4v) is 4.42. The molecule has 0 saturated carbocycles. The molecule has 0 atom stereocenters. The second kappa shape index (κ2) is 13.5. The van der Waals surface area contributed by atoms with Crippen LogP contribution in [0, 0.1) is 6.92 Å². The third kappa shape index (κ3) is 8.42. The van der Waals surface area contributed by atoms with Gasteiger partial charge in [0.15, 0.2) is 0 Å². The summed E-state index contributed by atoms with van der Waals surface area (Å²) in [5.74, 6) is 0.607. The smallest absolute Gasteiger partial charge is 0.322 e. The zero-order valence-corrected chi connectivity index (χ0v) is 21.3. The highest BCUT2D eigenvalue weighted by atomic mass is 32.1. The summed E-state index contributed by atoms with van der Waals surface area (Å²) in [4.78, 5) is 32.1. The molecule has 3 rings (SSSR count). The number of aryl methyl sites for hydroxylation is 1. The lowest BCUT2D eigenvalue weighted by Crippen LogP contribution is -2.45. The summed E-state index contributed by atoms with van der Waals surface area (Å²) in [7, 11) is 1.57. The highest BCUT2D eigenvalue weighted by Crippen LogP contribution is 2.20. The number of urea groups is 1. The van der Waals surface area contributed by atoms with E-state index in [1.807, 2.05) is 43.3 Å². The van der Waals surface area contributed by atoms with Crippen molar-refractivity contribution in [3.05, 3.63) is 82.0 Å². The lowest BCUT2D eigenvalue weighted by atomic mass is 10.2. The molecule has 1 heterocycles. The summed E-state index contributed by atoms with van der Waals surface area (Å²) in [6.07, 6.45) is 0. The van der Waals surface area contributed by atoms with Crippen LogP contribution in [-0.4, -0.2) is 55.2 Å². The van der Waals surface area contributed by atoms with Crippen LogP contribution in [0.25, 0.3) is 0 Å². The molecule has 3 amide bonds. The highest BCUT2D eigenvalue weighted by molar-refractivity contribution is 7.11. The number of hydrogen-bond donors (Lipinski definition) is 1. The van der Waals surface area contributed by atoms with E-state index in [1.165, 1.54) is 9.78 Å². The van der Waals surface area contributed by atoms with E-state index < -0.39 is 0 Å². The van der Waals surface area contributed by atoms with Crippen LogP contribution in [0.15, 0.2) is 66.7 Å². The number of nitrogens with zero attached hydrogens (tertiary/aromatic N) is 2. The van der Waals surface area contributed by atoms with Gasteiger partial charge in [0.25, 0.3) is 0 Å². The molecule has 8 heteroatoms. The SMILES string of the molecule is CCOc1ccc(NC(=O)N(CCOC)CC(=O)N(Cc2ccccc2)Cc2ccc(C)s2)cc1. The minimum atomic E-state index is -0.355. The van der Waals surface area contributed by atoms with Crippen molar-refractivity contribution in [2.75, 3.05) is 38.7 Å². The van der Waals surface area contributed by atoms with E-state index in [4.69, 9.17) is 9.47 Å². The molecule has 2 aromatic carbocycles. The van der Waals surface area contributed by atoms with Crippen molar-refractivity contribution in [1.29, 1.82) is 0 Å². The largest absolute Gasteiger partial charge is 0.494 e. The fourth-order valence-electron chi connectivity index (χ4n) is 3.52. The Morgan fingerprint density at radius 1 is 0.943 bits per heavy atom. The van der Waals surface area contributed by atoms with Gasteiger partial charge in [0.05, 0.1) is 19.8 Å². The summed E-state index contributed by atoms with van der Waals surface area (Å²) in [5.41, 5.74) is 1.67. The first-order valence-electron chi connectivity index (χ1n) is 11.6. The van der Waals surface area contributed by atoms with Crippen LogP contribution in [0.4, 0.5) is 10.5 Å². The summed E-state index contributed by atoms with van der Waals surface area (Å²) in [5, 5.41) is 2.87. The molecule has 0 unspecified atom stereocenters. The maximum absolute atomic E-state index is 13.5. The maximum Gasteiger partial charge on any atom is 0.322 e. The molecule has 0 saturated heterocycles. The normalized spacial score (nSPS) is 10.6. The van der Waals surface area contributed by atoms with Crippen LogP contribution in [-0.2, 0) is 22.6 Å². The Balaban J connectivity index is 1.72. The zero-order chi connectivity index (χ0) is 25.0. The lowest BCUT2D eigenvalue weighted by Gasteiger charge is -2.27. The number of carbonyl (C=O) groups excluding carboxylic acids is 2. The predicted molar refractivity (Wildman–Crippen MR) is 140 cm³/mol. The van der Waals surface area contributed by atoms with Crippen LogP contribution >= 0.6 is 11.3 Å². The second-order valence-electron chi connectivity index (χ2n) is 8.05. The van der Waals surface area contributed by atoms with E-state index in [-0.39, 0.29) is 18.5 Å². The maximum atomic E-state index is 13.5. The minimum Gasteiger partial charge on any atom is -0.494 e. The van der Waals surface area contributed by atoms with Gasteiger partial charge in [-0.05, 0) is 55.8 Å². The van der Waals surface area contributed by atoms with Gasteiger partial charge in [0, 0.05) is 35.6 Å². The molecular weight excluding hydrogens is 462 g/mol. The number of benzene rings is 2. The molecule has 0 spiro atoms. The molecule has 35 heavy (non-hydrogen) atoms. The standard InChI is InChI=1S/C27H33N3O4S/c1-4-34-24-13-11-23(12-14-24)28-27(32)29(16-17-33-3)20-26(31)30(18-22-8-6-5-7-9-22)19-25-15-10-21(2)35-25/h5-15H,4,16-20H2,1-3H3,(H,28,32). The molecule has 7 nitrogen and oxygen atoms in total. The monoisotopic (exact) mass is 495 g/mol. The summed E-state index contributed by atoms with van der Waals surface area (Å²) in [6, 6.07) is 20.8. The summed E-state index contributed by atoms with van der Waals surface area (Å²) >= 11 is 1.67. The topological polar surface area (TPSA) is 71.1 Å². The van der Waals surface area contributed by atoms with Crippen molar-refractivity contribution in [1.82, 2.24) is 9.80 Å². The number of nitrogens with one attached hydrogen (secondary N) is 1. The average molecular weight is 496 g/mol. The van der Waals surface area contributed by atoms with Crippen LogP contribution < -0.4 is 10.1 Å². The predicted octanol–water partition coefficient (Wildman–Crippen LogP) is 5.16. The van der Waals surface area contributed by atoms with Crippen molar-refractivity contribution in [2.45, 2.75) is 26.9 Å². The number of carbonyl (C=O) groups is 2. The summed E-state index contributed by atoms with van der Waals surface area (Å²) in [6.45, 7) is 6.07. The van der Waals surface area contributed by atoms with Crippen LogP contribution in [0.1, 0.15) is 22.2 Å². The van der Waals surface area contributed by atoms with Crippen LogP contribution in [0.3, 0.4) is 0 Å². The molecule has 0 radical (unpaired) electrons. The van der Waals surface area contributed by atoms with Gasteiger partial charge in [-0.3, -0.25) is 4.79 Å². The number of amides is 3. The first-order valence-corrected chi connectivity index (χ1v) is 12.4. The number of anilines is 1. The Morgan fingerprint density at radius 2 is 1.69 bits per heavy atom. The molecule has 0 aliphatic rings. The second-order valence-corrected chi connectivity index (χ2v) is 9.42. The number of rotatable bonds is 12. The molecule has 0 aliphatic carbocycles. The van der Waals surface area contributed by atoms with Crippen LogP contribution in [0.5, 0.6) is 5.75 Å². The number of thiophene rings is 1. The molecule has 1 aromatic heterocycles. The van der Waals surface area contributed by atoms with Gasteiger partial charge in [-0.2, -0.15) is 0 Å². The minimum absolute atomic E-state index is 0.0522. The third-order valence-electron chi connectivity index (χ3n) is 5.31. The van der Waals surface area contributed by atoms with Crippen molar-refractivity contribution in [3.63, 3.8) is 0 Å². The number of ether oxygens (including phenoxy) is 2. The zero-order valence-electron chi connectivity index (χ0n) is 20.5. The van der Waals surface area contributed by atoms with E-state index in [1.54, 1.807) is 47.6 Å². The van der Waals surface area contributed by atoms with Crippen molar-refractivity contribution in [2.24, 2.45) is 0 Å². The number of methoxy groups -OCH3 is 1. The van der Waals surface area contributed by atoms with Gasteiger partial charge in [-0.1, -0.05) is 30.3 Å². The quantitative estimate of drug-likeness (QED) is 0.377. The molecule has 0 fully saturated rings.